The first-order valence-electron chi connectivity index (χ1n) is 8.86. The Balaban J connectivity index is -0.000000399. The van der Waals surface area contributed by atoms with Gasteiger partial charge < -0.3 is 9.47 Å². The largest absolute Gasteiger partial charge is 0.466 e. The number of ketones is 2. The van der Waals surface area contributed by atoms with E-state index < -0.39 is 36.4 Å². The summed E-state index contributed by atoms with van der Waals surface area (Å²) in [5.41, 5.74) is -1.06. The van der Waals surface area contributed by atoms with Crippen molar-refractivity contribution in [1.29, 1.82) is 0 Å². The minimum absolute atomic E-state index is 0.0825. The molecular formula is C18H31Cl3O8S. The topological polar surface area (TPSA) is 121 Å². The molecule has 0 aromatic rings. The minimum Gasteiger partial charge on any atom is -0.466 e. The van der Waals surface area contributed by atoms with Gasteiger partial charge in [-0.15, -0.1) is 11.6 Å². The third-order valence-corrected chi connectivity index (χ3v) is 3.29. The molecule has 0 aliphatic rings. The normalized spacial score (nSPS) is 12.2. The van der Waals surface area contributed by atoms with E-state index in [1.165, 1.54) is 0 Å². The van der Waals surface area contributed by atoms with Gasteiger partial charge in [0.25, 0.3) is 0 Å². The molecule has 0 aromatic carbocycles. The van der Waals surface area contributed by atoms with Crippen molar-refractivity contribution in [3.05, 3.63) is 0 Å². The molecule has 0 spiro atoms. The molecule has 0 N–H and O–H groups in total. The molecule has 0 amide bonds. The Morgan fingerprint density at radius 1 is 0.833 bits per heavy atom. The summed E-state index contributed by atoms with van der Waals surface area (Å²) in [7, 11) is 4.81. The van der Waals surface area contributed by atoms with Crippen LogP contribution in [-0.4, -0.2) is 50.5 Å². The van der Waals surface area contributed by atoms with Crippen molar-refractivity contribution in [2.45, 2.75) is 67.2 Å². The molecule has 0 rings (SSSR count). The third-order valence-electron chi connectivity index (χ3n) is 2.91. The number of alkyl halides is 1. The summed E-state index contributed by atoms with van der Waals surface area (Å²) in [6.07, 6.45) is -0.114. The highest BCUT2D eigenvalue weighted by atomic mass is 36.0. The Morgan fingerprint density at radius 2 is 1.20 bits per heavy atom. The predicted molar refractivity (Wildman–Crippen MR) is 117 cm³/mol. The summed E-state index contributed by atoms with van der Waals surface area (Å²) in [6.45, 7) is 14.5. The standard InChI is InChI=1S/C9H15ClO3.C9H16O3.Cl2O2S/c1-5-13-8(12)6(10)7(11)9(2,3)4;1-5-12-8(11)6-7(10)9(2,3)4;1-5(2,3)4/h6H,5H2,1-4H3;5-6H2,1-4H3;. The maximum absolute atomic E-state index is 11.4. The Bertz CT molecular complexity index is 669. The van der Waals surface area contributed by atoms with E-state index in [4.69, 9.17) is 20.0 Å². The van der Waals surface area contributed by atoms with Crippen LogP contribution in [0.15, 0.2) is 0 Å². The molecule has 0 heterocycles. The van der Waals surface area contributed by atoms with E-state index >= 15 is 0 Å². The van der Waals surface area contributed by atoms with E-state index in [1.54, 1.807) is 55.4 Å². The summed E-state index contributed by atoms with van der Waals surface area (Å²) in [5, 5.41) is -1.18. The van der Waals surface area contributed by atoms with Crippen LogP contribution in [0.25, 0.3) is 0 Å². The van der Waals surface area contributed by atoms with Crippen LogP contribution in [-0.2, 0) is 36.9 Å². The number of rotatable bonds is 6. The highest BCUT2D eigenvalue weighted by Crippen LogP contribution is 2.20. The second-order valence-electron chi connectivity index (χ2n) is 7.76. The van der Waals surface area contributed by atoms with E-state index in [1.807, 2.05) is 0 Å². The molecule has 8 nitrogen and oxygen atoms in total. The lowest BCUT2D eigenvalue weighted by atomic mass is 9.89. The van der Waals surface area contributed by atoms with Gasteiger partial charge in [0.1, 0.15) is 12.2 Å². The van der Waals surface area contributed by atoms with Crippen molar-refractivity contribution in [3.63, 3.8) is 0 Å². The lowest BCUT2D eigenvalue weighted by Gasteiger charge is -2.19. The molecule has 12 heteroatoms. The highest BCUT2D eigenvalue weighted by Gasteiger charge is 2.33. The van der Waals surface area contributed by atoms with Crippen LogP contribution in [0.3, 0.4) is 0 Å². The number of hydrogen-bond donors (Lipinski definition) is 0. The molecule has 0 saturated heterocycles. The van der Waals surface area contributed by atoms with E-state index in [-0.39, 0.29) is 24.6 Å². The molecule has 30 heavy (non-hydrogen) atoms. The number of halogens is 3. The van der Waals surface area contributed by atoms with Crippen LogP contribution >= 0.6 is 33.0 Å². The van der Waals surface area contributed by atoms with Gasteiger partial charge in [-0.1, -0.05) is 41.5 Å². The lowest BCUT2D eigenvalue weighted by Crippen LogP contribution is -2.35. The van der Waals surface area contributed by atoms with E-state index in [0.717, 1.165) is 0 Å². The number of esters is 2. The molecule has 1 unspecified atom stereocenters. The zero-order valence-corrected chi connectivity index (χ0v) is 21.6. The molecule has 0 radical (unpaired) electrons. The van der Waals surface area contributed by atoms with Gasteiger partial charge in [-0.3, -0.25) is 14.4 Å². The smallest absolute Gasteiger partial charge is 0.331 e. The average molecular weight is 514 g/mol. The van der Waals surface area contributed by atoms with Crippen molar-refractivity contribution in [1.82, 2.24) is 0 Å². The van der Waals surface area contributed by atoms with Gasteiger partial charge in [0.15, 0.2) is 11.2 Å². The van der Waals surface area contributed by atoms with Gasteiger partial charge in [-0.05, 0) is 13.8 Å². The number of carbonyl (C=O) groups excluding carboxylic acids is 4. The zero-order valence-electron chi connectivity index (χ0n) is 18.5. The fourth-order valence-electron chi connectivity index (χ4n) is 1.31. The van der Waals surface area contributed by atoms with Gasteiger partial charge >= 0.3 is 20.2 Å². The SMILES string of the molecule is CCOC(=O)C(Cl)C(=O)C(C)(C)C.CCOC(=O)CC(=O)C(C)(C)C.O=S(=O)(Cl)Cl. The maximum Gasteiger partial charge on any atom is 0.331 e. The molecule has 0 aliphatic heterocycles. The number of ether oxygens (including phenoxy) is 2. The molecule has 0 saturated carbocycles. The zero-order chi connectivity index (χ0) is 24.9. The molecule has 0 aromatic heterocycles. The van der Waals surface area contributed by atoms with E-state index in [9.17, 15) is 19.2 Å². The Morgan fingerprint density at radius 3 is 1.47 bits per heavy atom. The highest BCUT2D eigenvalue weighted by molar-refractivity contribution is 8.31. The summed E-state index contributed by atoms with van der Waals surface area (Å²) < 4.78 is 27.6. The van der Waals surface area contributed by atoms with Gasteiger partial charge in [0.05, 0.1) is 13.2 Å². The quantitative estimate of drug-likeness (QED) is 0.226. The first kappa shape index (κ1) is 33.7. The van der Waals surface area contributed by atoms with E-state index in [0.29, 0.717) is 6.61 Å². The summed E-state index contributed by atoms with van der Waals surface area (Å²) in [5.74, 6) is -1.49. The predicted octanol–water partition coefficient (Wildman–Crippen LogP) is 4.04. The summed E-state index contributed by atoms with van der Waals surface area (Å²) in [6, 6.07) is 0. The second kappa shape index (κ2) is 15.0. The van der Waals surface area contributed by atoms with Crippen LogP contribution in [0.2, 0.25) is 0 Å². The Labute approximate surface area is 192 Å². The molecule has 1 atom stereocenters. The van der Waals surface area contributed by atoms with E-state index in [2.05, 4.69) is 30.8 Å². The molecule has 0 aliphatic carbocycles. The third kappa shape index (κ3) is 21.8. The Kier molecular flexibility index (Phi) is 16.9. The lowest BCUT2D eigenvalue weighted by molar-refractivity contribution is -0.148. The van der Waals surface area contributed by atoms with Gasteiger partial charge in [0.2, 0.25) is 0 Å². The fourth-order valence-corrected chi connectivity index (χ4v) is 1.70. The average Bonchev–Trinajstić information content (AvgIpc) is 2.51. The van der Waals surface area contributed by atoms with Crippen LogP contribution in [0.4, 0.5) is 0 Å². The van der Waals surface area contributed by atoms with Crippen LogP contribution in [0.1, 0.15) is 61.8 Å². The van der Waals surface area contributed by atoms with Crippen molar-refractivity contribution in [3.8, 4) is 0 Å². The fraction of sp³-hybridized carbons (Fsp3) is 0.778. The van der Waals surface area contributed by atoms with Crippen molar-refractivity contribution >= 4 is 64.7 Å². The van der Waals surface area contributed by atoms with Crippen molar-refractivity contribution in [2.24, 2.45) is 10.8 Å². The molecule has 178 valence electrons. The number of hydrogen-bond acceptors (Lipinski definition) is 8. The van der Waals surface area contributed by atoms with Gasteiger partial charge in [0, 0.05) is 32.2 Å². The summed E-state index contributed by atoms with van der Waals surface area (Å²) in [4.78, 5) is 44.6. The van der Waals surface area contributed by atoms with Gasteiger partial charge in [-0.25, -0.2) is 4.79 Å². The van der Waals surface area contributed by atoms with Crippen LogP contribution in [0, 0.1) is 10.8 Å². The monoisotopic (exact) mass is 512 g/mol. The molecular weight excluding hydrogens is 483 g/mol. The van der Waals surface area contributed by atoms with Crippen LogP contribution in [0.5, 0.6) is 0 Å². The second-order valence-corrected chi connectivity index (χ2v) is 11.9. The van der Waals surface area contributed by atoms with Crippen LogP contribution < -0.4 is 0 Å². The molecule has 0 fully saturated rings. The maximum atomic E-state index is 11.4. The van der Waals surface area contributed by atoms with Crippen molar-refractivity contribution < 1.29 is 37.1 Å². The number of Topliss-reactive ketones (excluding diaryl/α,β-unsaturated/α-hetero) is 2. The molecule has 0 bridgehead atoms. The first-order chi connectivity index (χ1) is 13.2. The van der Waals surface area contributed by atoms with Crippen molar-refractivity contribution in [2.75, 3.05) is 13.2 Å². The summed E-state index contributed by atoms with van der Waals surface area (Å²) >= 11 is 5.62. The first-order valence-corrected chi connectivity index (χ1v) is 12.4. The minimum atomic E-state index is -3.72. The number of carbonyl (C=O) groups is 4. The Hall–Kier alpha value is -0.900. The van der Waals surface area contributed by atoms with Gasteiger partial charge in [-0.2, -0.15) is 8.42 Å².